The number of ether oxygens (including phenoxy) is 2. The van der Waals surface area contributed by atoms with Gasteiger partial charge in [-0.25, -0.2) is 5.84 Å². The summed E-state index contributed by atoms with van der Waals surface area (Å²) in [7, 11) is 0. The Labute approximate surface area is 113 Å². The second-order valence-electron chi connectivity index (χ2n) is 4.60. The zero-order valence-corrected chi connectivity index (χ0v) is 10.9. The number of carbonyl (C=O) groups excluding carboxylic acids is 1. The van der Waals surface area contributed by atoms with Crippen molar-refractivity contribution in [1.29, 1.82) is 0 Å². The van der Waals surface area contributed by atoms with E-state index in [1.165, 1.54) is 12.8 Å². The summed E-state index contributed by atoms with van der Waals surface area (Å²) in [6.07, 6.45) is 5.18. The van der Waals surface area contributed by atoms with Gasteiger partial charge in [0.2, 0.25) is 0 Å². The standard InChI is InChI=1S/C14H20N2O3/c15-16-14(17)12-7-3-4-8-13(12)19-10-9-18-11-5-1-2-6-11/h3-4,7-8,11H,1-2,5-6,9-10,15H2,(H,16,17). The van der Waals surface area contributed by atoms with Gasteiger partial charge >= 0.3 is 0 Å². The van der Waals surface area contributed by atoms with Crippen LogP contribution < -0.4 is 16.0 Å². The molecular formula is C14H20N2O3. The zero-order valence-electron chi connectivity index (χ0n) is 10.9. The van der Waals surface area contributed by atoms with Crippen molar-refractivity contribution in [1.82, 2.24) is 5.43 Å². The Morgan fingerprint density at radius 1 is 1.26 bits per heavy atom. The van der Waals surface area contributed by atoms with Crippen molar-refractivity contribution in [3.8, 4) is 5.75 Å². The lowest BCUT2D eigenvalue weighted by Crippen LogP contribution is -2.30. The Morgan fingerprint density at radius 2 is 2.00 bits per heavy atom. The Kier molecular flexibility index (Phi) is 5.18. The van der Waals surface area contributed by atoms with E-state index in [9.17, 15) is 4.79 Å². The smallest absolute Gasteiger partial charge is 0.268 e. The molecule has 0 saturated heterocycles. The third-order valence-corrected chi connectivity index (χ3v) is 3.26. The Balaban J connectivity index is 1.80. The molecule has 1 amide bonds. The van der Waals surface area contributed by atoms with Crippen LogP contribution in [0.1, 0.15) is 36.0 Å². The normalized spacial score (nSPS) is 15.4. The third kappa shape index (κ3) is 3.94. The summed E-state index contributed by atoms with van der Waals surface area (Å²) in [4.78, 5) is 11.5. The van der Waals surface area contributed by atoms with E-state index >= 15 is 0 Å². The molecule has 1 aliphatic rings. The minimum atomic E-state index is -0.354. The summed E-state index contributed by atoms with van der Waals surface area (Å²) >= 11 is 0. The molecule has 0 atom stereocenters. The van der Waals surface area contributed by atoms with Crippen LogP contribution >= 0.6 is 0 Å². The molecule has 2 rings (SSSR count). The van der Waals surface area contributed by atoms with Crippen molar-refractivity contribution in [3.63, 3.8) is 0 Å². The summed E-state index contributed by atoms with van der Waals surface area (Å²) in [6, 6.07) is 7.02. The molecule has 19 heavy (non-hydrogen) atoms. The Bertz CT molecular complexity index is 417. The van der Waals surface area contributed by atoms with Crippen LogP contribution in [0, 0.1) is 0 Å². The van der Waals surface area contributed by atoms with Crippen molar-refractivity contribution >= 4 is 5.91 Å². The molecule has 1 aromatic rings. The molecule has 0 unspecified atom stereocenters. The lowest BCUT2D eigenvalue weighted by atomic mass is 10.2. The fourth-order valence-corrected chi connectivity index (χ4v) is 2.28. The van der Waals surface area contributed by atoms with E-state index < -0.39 is 0 Å². The van der Waals surface area contributed by atoms with Crippen LogP contribution in [0.2, 0.25) is 0 Å². The highest BCUT2D eigenvalue weighted by Gasteiger charge is 2.15. The predicted octanol–water partition coefficient (Wildman–Crippen LogP) is 1.63. The van der Waals surface area contributed by atoms with Crippen molar-refractivity contribution in [2.75, 3.05) is 13.2 Å². The summed E-state index contributed by atoms with van der Waals surface area (Å²) in [5.74, 6) is 5.30. The lowest BCUT2D eigenvalue weighted by molar-refractivity contribution is 0.0379. The zero-order chi connectivity index (χ0) is 13.5. The first kappa shape index (κ1) is 13.8. The topological polar surface area (TPSA) is 73.6 Å². The van der Waals surface area contributed by atoms with Gasteiger partial charge in [-0.3, -0.25) is 10.2 Å². The van der Waals surface area contributed by atoms with E-state index in [2.05, 4.69) is 5.43 Å². The molecule has 0 aliphatic heterocycles. The number of hydrazine groups is 1. The van der Waals surface area contributed by atoms with Crippen LogP contribution in [0.25, 0.3) is 0 Å². The largest absolute Gasteiger partial charge is 0.490 e. The van der Waals surface area contributed by atoms with E-state index in [0.29, 0.717) is 30.6 Å². The highest BCUT2D eigenvalue weighted by molar-refractivity contribution is 5.96. The summed E-state index contributed by atoms with van der Waals surface area (Å²) < 4.78 is 11.3. The second kappa shape index (κ2) is 7.11. The first-order valence-corrected chi connectivity index (χ1v) is 6.65. The van der Waals surface area contributed by atoms with Crippen molar-refractivity contribution in [2.45, 2.75) is 31.8 Å². The number of hydrogen-bond donors (Lipinski definition) is 2. The summed E-state index contributed by atoms with van der Waals surface area (Å²) in [5, 5.41) is 0. The van der Waals surface area contributed by atoms with E-state index in [0.717, 1.165) is 12.8 Å². The third-order valence-electron chi connectivity index (χ3n) is 3.26. The maximum atomic E-state index is 11.5. The quantitative estimate of drug-likeness (QED) is 0.354. The van der Waals surface area contributed by atoms with Crippen LogP contribution in [0.15, 0.2) is 24.3 Å². The van der Waals surface area contributed by atoms with Crippen LogP contribution in [0.3, 0.4) is 0 Å². The van der Waals surface area contributed by atoms with Gasteiger partial charge in [-0.1, -0.05) is 25.0 Å². The highest BCUT2D eigenvalue weighted by atomic mass is 16.5. The molecule has 0 heterocycles. The number of hydrogen-bond acceptors (Lipinski definition) is 4. The number of nitrogen functional groups attached to an aromatic ring is 1. The van der Waals surface area contributed by atoms with Gasteiger partial charge in [0.25, 0.3) is 5.91 Å². The molecule has 104 valence electrons. The van der Waals surface area contributed by atoms with Gasteiger partial charge in [-0.15, -0.1) is 0 Å². The SMILES string of the molecule is NNC(=O)c1ccccc1OCCOC1CCCC1. The number of benzene rings is 1. The van der Waals surface area contributed by atoms with Crippen molar-refractivity contribution in [2.24, 2.45) is 5.84 Å². The molecule has 0 bridgehead atoms. The van der Waals surface area contributed by atoms with Gasteiger partial charge in [0.05, 0.1) is 18.3 Å². The van der Waals surface area contributed by atoms with Gasteiger partial charge in [0, 0.05) is 0 Å². The number of nitrogens with one attached hydrogen (secondary N) is 1. The first-order chi connectivity index (χ1) is 9.31. The molecule has 0 spiro atoms. The number of para-hydroxylation sites is 1. The van der Waals surface area contributed by atoms with Crippen LogP contribution in [0.4, 0.5) is 0 Å². The molecule has 3 N–H and O–H groups in total. The Morgan fingerprint density at radius 3 is 2.74 bits per heavy atom. The van der Waals surface area contributed by atoms with Crippen molar-refractivity contribution < 1.29 is 14.3 Å². The fourth-order valence-electron chi connectivity index (χ4n) is 2.28. The molecule has 1 fully saturated rings. The molecule has 1 aromatic carbocycles. The van der Waals surface area contributed by atoms with Gasteiger partial charge in [0.1, 0.15) is 12.4 Å². The second-order valence-corrected chi connectivity index (χ2v) is 4.60. The van der Waals surface area contributed by atoms with Gasteiger partial charge in [0.15, 0.2) is 0 Å². The molecule has 0 aromatic heterocycles. The van der Waals surface area contributed by atoms with Crippen LogP contribution in [0.5, 0.6) is 5.75 Å². The van der Waals surface area contributed by atoms with E-state index in [4.69, 9.17) is 15.3 Å². The minimum Gasteiger partial charge on any atom is -0.490 e. The van der Waals surface area contributed by atoms with Crippen LogP contribution in [-0.2, 0) is 4.74 Å². The Hall–Kier alpha value is -1.59. The van der Waals surface area contributed by atoms with E-state index in [-0.39, 0.29) is 5.91 Å². The average molecular weight is 264 g/mol. The monoisotopic (exact) mass is 264 g/mol. The van der Waals surface area contributed by atoms with Gasteiger partial charge in [-0.05, 0) is 25.0 Å². The van der Waals surface area contributed by atoms with Crippen LogP contribution in [-0.4, -0.2) is 25.2 Å². The molecule has 1 aliphatic carbocycles. The van der Waals surface area contributed by atoms with E-state index in [1.54, 1.807) is 18.2 Å². The first-order valence-electron chi connectivity index (χ1n) is 6.65. The highest BCUT2D eigenvalue weighted by Crippen LogP contribution is 2.21. The van der Waals surface area contributed by atoms with Crippen molar-refractivity contribution in [3.05, 3.63) is 29.8 Å². The summed E-state index contributed by atoms with van der Waals surface area (Å²) in [6.45, 7) is 0.981. The number of amides is 1. The number of carbonyl (C=O) groups is 1. The van der Waals surface area contributed by atoms with Gasteiger partial charge < -0.3 is 9.47 Å². The summed E-state index contributed by atoms with van der Waals surface area (Å²) in [5.41, 5.74) is 2.54. The average Bonchev–Trinajstić information content (AvgIpc) is 2.96. The maximum Gasteiger partial charge on any atom is 0.268 e. The minimum absolute atomic E-state index is 0.354. The number of rotatable bonds is 6. The van der Waals surface area contributed by atoms with Gasteiger partial charge in [-0.2, -0.15) is 0 Å². The van der Waals surface area contributed by atoms with E-state index in [1.807, 2.05) is 6.07 Å². The lowest BCUT2D eigenvalue weighted by Gasteiger charge is -2.13. The number of nitrogens with two attached hydrogens (primary N) is 1. The molecule has 0 radical (unpaired) electrons. The molecule has 5 heteroatoms. The predicted molar refractivity (Wildman–Crippen MR) is 71.8 cm³/mol. The molecule has 5 nitrogen and oxygen atoms in total. The maximum absolute atomic E-state index is 11.5. The molecule has 1 saturated carbocycles. The molecular weight excluding hydrogens is 244 g/mol. The fraction of sp³-hybridized carbons (Fsp3) is 0.500.